The molecular formula is C10H18O5S. The van der Waals surface area contributed by atoms with Gasteiger partial charge in [-0.1, -0.05) is 0 Å². The standard InChI is InChI=1S/C10H18O5S/c1-3-15-8-16(12,13)7-10(4-5-10)6-9(11)14-2/h3-8H2,1-2H3. The number of hydrogen-bond acceptors (Lipinski definition) is 5. The second-order valence-corrected chi connectivity index (χ2v) is 6.26. The molecule has 0 atom stereocenters. The molecule has 1 aliphatic rings. The van der Waals surface area contributed by atoms with Crippen LogP contribution in [0.4, 0.5) is 0 Å². The molecule has 0 aromatic heterocycles. The first-order chi connectivity index (χ1) is 7.43. The Morgan fingerprint density at radius 3 is 2.44 bits per heavy atom. The van der Waals surface area contributed by atoms with Gasteiger partial charge in [0.25, 0.3) is 0 Å². The van der Waals surface area contributed by atoms with Crippen LogP contribution in [0.5, 0.6) is 0 Å². The Bertz CT molecular complexity index is 342. The van der Waals surface area contributed by atoms with Crippen molar-refractivity contribution in [1.82, 2.24) is 0 Å². The fourth-order valence-corrected chi connectivity index (χ4v) is 3.47. The van der Waals surface area contributed by atoms with Crippen molar-refractivity contribution in [1.29, 1.82) is 0 Å². The van der Waals surface area contributed by atoms with Gasteiger partial charge in [-0.3, -0.25) is 4.79 Å². The molecule has 0 aromatic carbocycles. The smallest absolute Gasteiger partial charge is 0.306 e. The Hall–Kier alpha value is -0.620. The molecule has 94 valence electrons. The third-order valence-electron chi connectivity index (χ3n) is 2.70. The molecule has 0 saturated heterocycles. The first kappa shape index (κ1) is 13.4. The molecule has 0 unspecified atom stereocenters. The van der Waals surface area contributed by atoms with Gasteiger partial charge in [-0.2, -0.15) is 0 Å². The first-order valence-electron chi connectivity index (χ1n) is 5.28. The predicted octanol–water partition coefficient (Wildman–Crippen LogP) is 0.738. The molecule has 0 amide bonds. The number of ether oxygens (including phenoxy) is 2. The number of rotatable bonds is 7. The van der Waals surface area contributed by atoms with Crippen LogP contribution in [0.25, 0.3) is 0 Å². The van der Waals surface area contributed by atoms with Crippen molar-refractivity contribution in [3.63, 3.8) is 0 Å². The maximum absolute atomic E-state index is 11.6. The van der Waals surface area contributed by atoms with E-state index in [4.69, 9.17) is 4.74 Å². The molecule has 16 heavy (non-hydrogen) atoms. The predicted molar refractivity (Wildman–Crippen MR) is 58.6 cm³/mol. The van der Waals surface area contributed by atoms with E-state index in [2.05, 4.69) is 4.74 Å². The van der Waals surface area contributed by atoms with E-state index in [0.717, 1.165) is 12.8 Å². The highest BCUT2D eigenvalue weighted by Gasteiger charge is 2.47. The zero-order valence-corrected chi connectivity index (χ0v) is 10.5. The highest BCUT2D eigenvalue weighted by molar-refractivity contribution is 7.91. The fraction of sp³-hybridized carbons (Fsp3) is 0.900. The van der Waals surface area contributed by atoms with Crippen LogP contribution in [0.3, 0.4) is 0 Å². The summed E-state index contributed by atoms with van der Waals surface area (Å²) in [5, 5.41) is 0. The molecule has 6 heteroatoms. The monoisotopic (exact) mass is 250 g/mol. The van der Waals surface area contributed by atoms with Crippen LogP contribution in [0.2, 0.25) is 0 Å². The summed E-state index contributed by atoms with van der Waals surface area (Å²) < 4.78 is 32.7. The maximum Gasteiger partial charge on any atom is 0.306 e. The van der Waals surface area contributed by atoms with Crippen LogP contribution in [0, 0.1) is 5.41 Å². The van der Waals surface area contributed by atoms with E-state index in [9.17, 15) is 13.2 Å². The maximum atomic E-state index is 11.6. The lowest BCUT2D eigenvalue weighted by atomic mass is 10.1. The van der Waals surface area contributed by atoms with Crippen molar-refractivity contribution in [2.45, 2.75) is 26.2 Å². The van der Waals surface area contributed by atoms with Gasteiger partial charge in [-0.25, -0.2) is 8.42 Å². The summed E-state index contributed by atoms with van der Waals surface area (Å²) >= 11 is 0. The van der Waals surface area contributed by atoms with E-state index in [1.54, 1.807) is 6.92 Å². The Kier molecular flexibility index (Phi) is 4.32. The van der Waals surface area contributed by atoms with E-state index >= 15 is 0 Å². The van der Waals surface area contributed by atoms with E-state index in [1.807, 2.05) is 0 Å². The van der Waals surface area contributed by atoms with E-state index in [0.29, 0.717) is 6.61 Å². The van der Waals surface area contributed by atoms with E-state index < -0.39 is 9.84 Å². The minimum Gasteiger partial charge on any atom is -0.469 e. The zero-order chi connectivity index (χ0) is 12.2. The summed E-state index contributed by atoms with van der Waals surface area (Å²) in [7, 11) is -1.91. The van der Waals surface area contributed by atoms with Gasteiger partial charge in [0.2, 0.25) is 0 Å². The van der Waals surface area contributed by atoms with Crippen molar-refractivity contribution in [3.05, 3.63) is 0 Å². The van der Waals surface area contributed by atoms with Gasteiger partial charge in [0.05, 0.1) is 19.3 Å². The van der Waals surface area contributed by atoms with Crippen LogP contribution < -0.4 is 0 Å². The second kappa shape index (κ2) is 5.14. The molecule has 1 fully saturated rings. The van der Waals surface area contributed by atoms with Crippen LogP contribution in [-0.4, -0.2) is 39.8 Å². The van der Waals surface area contributed by atoms with Crippen molar-refractivity contribution in [2.24, 2.45) is 5.41 Å². The number of esters is 1. The van der Waals surface area contributed by atoms with Crippen LogP contribution in [0.15, 0.2) is 0 Å². The van der Waals surface area contributed by atoms with E-state index in [1.165, 1.54) is 7.11 Å². The molecule has 0 aromatic rings. The molecule has 0 radical (unpaired) electrons. The van der Waals surface area contributed by atoms with Gasteiger partial charge >= 0.3 is 5.97 Å². The number of carbonyl (C=O) groups is 1. The van der Waals surface area contributed by atoms with Gasteiger partial charge < -0.3 is 9.47 Å². The largest absolute Gasteiger partial charge is 0.469 e. The van der Waals surface area contributed by atoms with Gasteiger partial charge in [0, 0.05) is 6.61 Å². The fourth-order valence-electron chi connectivity index (χ4n) is 1.65. The molecular weight excluding hydrogens is 232 g/mol. The SMILES string of the molecule is CCOCS(=O)(=O)CC1(CC(=O)OC)CC1. The summed E-state index contributed by atoms with van der Waals surface area (Å²) in [5.74, 6) is -0.578. The molecule has 1 rings (SSSR count). The third-order valence-corrected chi connectivity index (χ3v) is 4.28. The van der Waals surface area contributed by atoms with Gasteiger partial charge in [-0.15, -0.1) is 0 Å². The minimum atomic E-state index is -3.22. The molecule has 0 spiro atoms. The second-order valence-electron chi connectivity index (χ2n) is 4.25. The zero-order valence-electron chi connectivity index (χ0n) is 9.69. The Morgan fingerprint density at radius 2 is 2.00 bits per heavy atom. The van der Waals surface area contributed by atoms with Gasteiger partial charge in [-0.05, 0) is 25.2 Å². The Morgan fingerprint density at radius 1 is 1.38 bits per heavy atom. The molecule has 5 nitrogen and oxygen atoms in total. The summed E-state index contributed by atoms with van der Waals surface area (Å²) in [5.41, 5.74) is -0.386. The van der Waals surface area contributed by atoms with Crippen molar-refractivity contribution >= 4 is 15.8 Å². The van der Waals surface area contributed by atoms with Crippen LogP contribution in [-0.2, 0) is 24.1 Å². The van der Waals surface area contributed by atoms with Crippen LogP contribution in [0.1, 0.15) is 26.2 Å². The molecule has 0 aliphatic heterocycles. The lowest BCUT2D eigenvalue weighted by Gasteiger charge is -2.13. The highest BCUT2D eigenvalue weighted by atomic mass is 32.2. The Labute approximate surface area is 96.0 Å². The lowest BCUT2D eigenvalue weighted by Crippen LogP contribution is -2.24. The number of hydrogen-bond donors (Lipinski definition) is 0. The number of sulfone groups is 1. The third kappa shape index (κ3) is 4.09. The molecule has 0 heterocycles. The molecule has 0 N–H and O–H groups in total. The van der Waals surface area contributed by atoms with Crippen molar-refractivity contribution < 1.29 is 22.7 Å². The summed E-state index contributed by atoms with van der Waals surface area (Å²) in [6.45, 7) is 2.13. The highest BCUT2D eigenvalue weighted by Crippen LogP contribution is 2.50. The summed E-state index contributed by atoms with van der Waals surface area (Å²) in [6, 6.07) is 0. The normalized spacial score (nSPS) is 18.1. The average molecular weight is 250 g/mol. The van der Waals surface area contributed by atoms with Crippen molar-refractivity contribution in [2.75, 3.05) is 25.4 Å². The Balaban J connectivity index is 2.50. The summed E-state index contributed by atoms with van der Waals surface area (Å²) in [6.07, 6.45) is 1.73. The van der Waals surface area contributed by atoms with Gasteiger partial charge in [0.15, 0.2) is 9.84 Å². The molecule has 1 aliphatic carbocycles. The quantitative estimate of drug-likeness (QED) is 0.623. The summed E-state index contributed by atoms with van der Waals surface area (Å²) in [4.78, 5) is 11.1. The lowest BCUT2D eigenvalue weighted by molar-refractivity contribution is -0.141. The number of carbonyl (C=O) groups excluding carboxylic acids is 1. The van der Waals surface area contributed by atoms with Gasteiger partial charge in [0.1, 0.15) is 5.94 Å². The van der Waals surface area contributed by atoms with Crippen molar-refractivity contribution in [3.8, 4) is 0 Å². The molecule has 0 bridgehead atoms. The first-order valence-corrected chi connectivity index (χ1v) is 7.10. The van der Waals surface area contributed by atoms with E-state index in [-0.39, 0.29) is 29.5 Å². The topological polar surface area (TPSA) is 69.7 Å². The minimum absolute atomic E-state index is 0.0229. The van der Waals surface area contributed by atoms with Crippen LogP contribution >= 0.6 is 0 Å². The molecule has 1 saturated carbocycles. The number of methoxy groups -OCH3 is 1. The average Bonchev–Trinajstić information content (AvgIpc) is 2.93.